The minimum atomic E-state index is -5.21. The number of amides is 6. The van der Waals surface area contributed by atoms with Crippen LogP contribution in [-0.4, -0.2) is 106 Å². The van der Waals surface area contributed by atoms with Crippen LogP contribution in [0, 0.1) is 12.1 Å². The van der Waals surface area contributed by atoms with E-state index in [4.69, 9.17) is 9.47 Å². The van der Waals surface area contributed by atoms with Gasteiger partial charge in [0.25, 0.3) is 5.91 Å². The number of benzene rings is 1. The molecule has 6 amide bonds. The highest BCUT2D eigenvalue weighted by Gasteiger charge is 2.81. The van der Waals surface area contributed by atoms with Crippen molar-refractivity contribution in [3.63, 3.8) is 0 Å². The quantitative estimate of drug-likeness (QED) is 0.139. The second-order valence-corrected chi connectivity index (χ2v) is 16.6. The van der Waals surface area contributed by atoms with Gasteiger partial charge in [0.05, 0.1) is 18.6 Å². The molecule has 1 spiro atoms. The molecule has 4 unspecified atom stereocenters. The summed E-state index contributed by atoms with van der Waals surface area (Å²) in [7, 11) is 1.15. The van der Waals surface area contributed by atoms with Crippen LogP contribution in [0.2, 0.25) is 0 Å². The average molecular weight is 900 g/mol. The number of fused-ring (bicyclic) bond motifs is 12. The van der Waals surface area contributed by atoms with Gasteiger partial charge in [-0.05, 0) is 42.7 Å². The molecule has 4 aliphatic heterocycles. The number of methoxy groups -OCH3 is 1. The number of aromatic amines is 1. The van der Waals surface area contributed by atoms with E-state index in [1.54, 1.807) is 24.4 Å². The van der Waals surface area contributed by atoms with Gasteiger partial charge in [-0.1, -0.05) is 36.0 Å². The van der Waals surface area contributed by atoms with Gasteiger partial charge in [0.15, 0.2) is 16.4 Å². The Labute approximate surface area is 358 Å². The second kappa shape index (κ2) is 16.9. The summed E-state index contributed by atoms with van der Waals surface area (Å²) in [5, 5.41) is 25.0. The van der Waals surface area contributed by atoms with Crippen molar-refractivity contribution in [2.24, 2.45) is 0 Å². The third-order valence-electron chi connectivity index (χ3n) is 10.2. The molecule has 5 heterocycles. The van der Waals surface area contributed by atoms with Crippen molar-refractivity contribution < 1.29 is 60.9 Å². The molecule has 1 aromatic heterocycles. The van der Waals surface area contributed by atoms with E-state index < -0.39 is 111 Å². The van der Waals surface area contributed by atoms with E-state index in [2.05, 4.69) is 43.7 Å². The van der Waals surface area contributed by atoms with E-state index in [9.17, 15) is 33.9 Å². The predicted octanol–water partition coefficient (Wildman–Crippen LogP) is 1.70. The van der Waals surface area contributed by atoms with Gasteiger partial charge in [-0.25, -0.2) is 0 Å². The van der Waals surface area contributed by atoms with Crippen LogP contribution in [0.1, 0.15) is 30.5 Å². The van der Waals surface area contributed by atoms with Gasteiger partial charge in [0.2, 0.25) is 35.3 Å². The Hall–Kier alpha value is -6.18. The van der Waals surface area contributed by atoms with Crippen molar-refractivity contribution in [1.82, 2.24) is 36.9 Å². The van der Waals surface area contributed by atoms with E-state index >= 15 is 17.6 Å². The minimum absolute atomic E-state index is 0.0743. The molecule has 16 nitrogen and oxygen atoms in total. The highest BCUT2D eigenvalue weighted by molar-refractivity contribution is 8.08. The molecule has 1 fully saturated rings. The molecule has 2 aromatic carbocycles. The number of halogens is 4. The van der Waals surface area contributed by atoms with Gasteiger partial charge >= 0.3 is 11.8 Å². The number of rotatable bonds is 3. The lowest BCUT2D eigenvalue weighted by molar-refractivity contribution is -0.201. The van der Waals surface area contributed by atoms with Gasteiger partial charge < -0.3 is 51.5 Å². The largest absolute Gasteiger partial charge is 0.486 e. The molecular formula is C40H37F4N7O9S2. The van der Waals surface area contributed by atoms with Crippen molar-refractivity contribution in [3.05, 3.63) is 87.1 Å². The van der Waals surface area contributed by atoms with Crippen molar-refractivity contribution in [3.8, 4) is 11.5 Å². The van der Waals surface area contributed by atoms with Crippen LogP contribution < -0.4 is 41.4 Å². The second-order valence-electron chi connectivity index (χ2n) is 14.5. The lowest BCUT2D eigenvalue weighted by Crippen LogP contribution is -2.68. The van der Waals surface area contributed by atoms with Crippen LogP contribution in [0.15, 0.2) is 58.3 Å². The fourth-order valence-electron chi connectivity index (χ4n) is 6.99. The summed E-state index contributed by atoms with van der Waals surface area (Å²) in [4.78, 5) is 79.4. The number of hydrogen-bond acceptors (Lipinski definition) is 11. The van der Waals surface area contributed by atoms with E-state index in [-0.39, 0.29) is 41.3 Å². The molecule has 5 aliphatic rings. The van der Waals surface area contributed by atoms with E-state index in [1.165, 1.54) is 13.0 Å². The van der Waals surface area contributed by atoms with E-state index in [0.29, 0.717) is 22.9 Å². The minimum Gasteiger partial charge on any atom is -0.486 e. The third-order valence-corrected chi connectivity index (χ3v) is 13.0. The zero-order valence-electron chi connectivity index (χ0n) is 32.8. The fraction of sp³-hybridized carbons (Fsp3) is 0.350. The number of thioether (sulfide) groups is 2. The van der Waals surface area contributed by atoms with Crippen LogP contribution in [0.3, 0.4) is 0 Å². The Kier molecular flexibility index (Phi) is 12.0. The van der Waals surface area contributed by atoms with Crippen LogP contribution in [0.25, 0.3) is 17.0 Å². The van der Waals surface area contributed by atoms with Crippen LogP contribution in [0.4, 0.5) is 17.6 Å². The van der Waals surface area contributed by atoms with Crippen LogP contribution in [0.5, 0.6) is 11.5 Å². The van der Waals surface area contributed by atoms with E-state index in [1.807, 2.05) is 17.4 Å². The molecule has 1 saturated heterocycles. The molecule has 8 N–H and O–H groups in total. The number of carbonyl (C=O) groups excluding carboxylic acids is 6. The Morgan fingerprint density at radius 2 is 1.81 bits per heavy atom. The van der Waals surface area contributed by atoms with Gasteiger partial charge in [0, 0.05) is 53.2 Å². The average Bonchev–Trinajstić information content (AvgIpc) is 3.66. The number of aliphatic hydroxyl groups excluding tert-OH is 1. The molecule has 0 radical (unpaired) electrons. The van der Waals surface area contributed by atoms with Gasteiger partial charge in [0.1, 0.15) is 29.9 Å². The molecule has 3 aromatic rings. The van der Waals surface area contributed by atoms with Gasteiger partial charge in [-0.2, -0.15) is 17.6 Å². The maximum atomic E-state index is 16.7. The predicted molar refractivity (Wildman–Crippen MR) is 216 cm³/mol. The van der Waals surface area contributed by atoms with Crippen molar-refractivity contribution in [2.75, 3.05) is 19.5 Å². The topological polar surface area (TPSA) is 229 Å². The summed E-state index contributed by atoms with van der Waals surface area (Å²) in [5.74, 6) is -20.1. The Morgan fingerprint density at radius 1 is 1.03 bits per heavy atom. The number of allylic oxidation sites excluding steroid dienone is 2. The molecule has 62 heavy (non-hydrogen) atoms. The summed E-state index contributed by atoms with van der Waals surface area (Å²) < 4.78 is 77.6. The first-order valence-corrected chi connectivity index (χ1v) is 20.6. The Bertz CT molecular complexity index is 2480. The number of aromatic nitrogens is 1. The van der Waals surface area contributed by atoms with Gasteiger partial charge in [-0.15, -0.1) is 11.8 Å². The summed E-state index contributed by atoms with van der Waals surface area (Å²) >= 11 is 0.187. The SMILES string of the molecule is COc1c#cc2cc1OC1=C3S/C=C(/NC(=O)C(NC(C)=O)Cc4c[nH]c5ccc(cc45)C/C=C/2)C(=O)N[C@@H](C)C(=O)NC(CO)C(=O)NC2CSC3(NC2=O)C(F)(F)C1(F)F. The van der Waals surface area contributed by atoms with Crippen LogP contribution >= 0.6 is 23.5 Å². The Morgan fingerprint density at radius 3 is 2.52 bits per heavy atom. The smallest absolute Gasteiger partial charge is 0.371 e. The highest BCUT2D eigenvalue weighted by Crippen LogP contribution is 2.64. The molecule has 0 saturated carbocycles. The normalized spacial score (nSPS) is 27.7. The standard InChI is InChI=1S/C40H37F4N7O9S2/c1-18-33(54)48-26(15-52)35(56)50-28-17-62-39(51-37(28)58)32-31(38(41,42)40(39,43)44)60-30-12-21(8-10-29(30)59-3)6-4-5-20-7-9-24-23(11-20)22(14-45-24)13-25(47-19(2)53)34(55)49-27(16-61-32)36(57)46-18/h4,6-7,9,11-12,14,16,18,25-26,28,45,52H,5,13,15,17H2,1-3H3,(H,46,57)(H,47,53)(H,48,54)(H,49,55)(H,50,56)(H,51,58)/b6-4+,27-16+/t18-,25?,26?,28?,39?/m0/s1. The number of ether oxygens (including phenoxy) is 2. The van der Waals surface area contributed by atoms with Gasteiger partial charge in [-0.3, -0.25) is 28.8 Å². The van der Waals surface area contributed by atoms with Crippen LogP contribution in [-0.2, 0) is 41.6 Å². The first-order chi connectivity index (χ1) is 29.4. The fourth-order valence-corrected chi connectivity index (χ4v) is 9.70. The first kappa shape index (κ1) is 43.9. The molecule has 1 aliphatic carbocycles. The van der Waals surface area contributed by atoms with Crippen molar-refractivity contribution >= 4 is 75.9 Å². The number of hydrogen-bond donors (Lipinski definition) is 8. The maximum absolute atomic E-state index is 16.7. The lowest BCUT2D eigenvalue weighted by atomic mass is 10.0. The zero-order valence-corrected chi connectivity index (χ0v) is 34.4. The summed E-state index contributed by atoms with van der Waals surface area (Å²) in [6, 6.07) is 5.84. The Balaban J connectivity index is 1.45. The summed E-state index contributed by atoms with van der Waals surface area (Å²) in [6.45, 7) is 1.30. The highest BCUT2D eigenvalue weighted by atomic mass is 32.2. The number of nitrogens with one attached hydrogen (secondary N) is 7. The molecule has 22 heteroatoms. The molecule has 5 atom stereocenters. The number of carbonyl (C=O) groups is 6. The number of H-pyrrole nitrogens is 1. The lowest BCUT2D eigenvalue weighted by Gasteiger charge is -2.42. The molecule has 8 bridgehead atoms. The van der Waals surface area contributed by atoms with E-state index in [0.717, 1.165) is 25.0 Å². The molecule has 326 valence electrons. The molecule has 8 rings (SSSR count). The summed E-state index contributed by atoms with van der Waals surface area (Å²) in [5.41, 5.74) is 1.50. The van der Waals surface area contributed by atoms with Crippen molar-refractivity contribution in [2.45, 2.75) is 67.6 Å². The number of alkyl halides is 4. The number of aliphatic hydroxyl groups is 1. The first-order valence-electron chi connectivity index (χ1n) is 18.8. The van der Waals surface area contributed by atoms with Crippen molar-refractivity contribution in [1.29, 1.82) is 0 Å². The molecular weight excluding hydrogens is 863 g/mol. The summed E-state index contributed by atoms with van der Waals surface area (Å²) in [6.07, 6.45) is 5.08. The third kappa shape index (κ3) is 8.02. The monoisotopic (exact) mass is 899 g/mol. The zero-order chi connectivity index (χ0) is 44.7. The maximum Gasteiger partial charge on any atom is 0.371 e.